The second-order valence-electron chi connectivity index (χ2n) is 4.83. The fourth-order valence-corrected chi connectivity index (χ4v) is 2.49. The first-order valence-electron chi connectivity index (χ1n) is 6.38. The molecule has 2 unspecified atom stereocenters. The zero-order valence-electron chi connectivity index (χ0n) is 10.8. The summed E-state index contributed by atoms with van der Waals surface area (Å²) in [5.41, 5.74) is 0.506. The first-order valence-corrected chi connectivity index (χ1v) is 6.76. The number of ether oxygens (including phenoxy) is 1. The lowest BCUT2D eigenvalue weighted by Crippen LogP contribution is -2.22. The van der Waals surface area contributed by atoms with Crippen molar-refractivity contribution < 1.29 is 9.66 Å². The number of hydrogen-bond acceptors (Lipinski definition) is 4. The van der Waals surface area contributed by atoms with E-state index < -0.39 is 4.92 Å². The predicted molar refractivity (Wildman–Crippen MR) is 74.8 cm³/mol. The monoisotopic (exact) mass is 284 g/mol. The fourth-order valence-electron chi connectivity index (χ4n) is 2.33. The van der Waals surface area contributed by atoms with Crippen LogP contribution in [-0.4, -0.2) is 23.7 Å². The summed E-state index contributed by atoms with van der Waals surface area (Å²) in [7, 11) is 0. The Balaban J connectivity index is 2.03. The van der Waals surface area contributed by atoms with E-state index in [-0.39, 0.29) is 17.8 Å². The summed E-state index contributed by atoms with van der Waals surface area (Å²) in [5, 5.41) is 14.5. The van der Waals surface area contributed by atoms with E-state index in [9.17, 15) is 10.1 Å². The van der Waals surface area contributed by atoms with Crippen LogP contribution >= 0.6 is 11.6 Å². The van der Waals surface area contributed by atoms with Gasteiger partial charge in [0.25, 0.3) is 5.69 Å². The van der Waals surface area contributed by atoms with Crippen molar-refractivity contribution in [3.8, 4) is 0 Å². The van der Waals surface area contributed by atoms with Gasteiger partial charge in [-0.1, -0.05) is 11.6 Å². The Morgan fingerprint density at radius 3 is 3.05 bits per heavy atom. The topological polar surface area (TPSA) is 64.4 Å². The van der Waals surface area contributed by atoms with Gasteiger partial charge in [-0.05, 0) is 38.3 Å². The maximum Gasteiger partial charge on any atom is 0.293 e. The molecule has 0 saturated carbocycles. The van der Waals surface area contributed by atoms with Gasteiger partial charge in [0.2, 0.25) is 0 Å². The zero-order valence-corrected chi connectivity index (χ0v) is 11.5. The maximum atomic E-state index is 11.0. The molecule has 1 N–H and O–H groups in total. The molecule has 1 aliphatic heterocycles. The van der Waals surface area contributed by atoms with Crippen LogP contribution in [0.2, 0.25) is 5.02 Å². The molecule has 1 heterocycles. The van der Waals surface area contributed by atoms with E-state index in [1.54, 1.807) is 12.1 Å². The Morgan fingerprint density at radius 2 is 2.42 bits per heavy atom. The summed E-state index contributed by atoms with van der Waals surface area (Å²) < 4.78 is 5.56. The van der Waals surface area contributed by atoms with Crippen LogP contribution in [0.25, 0.3) is 0 Å². The molecule has 0 bridgehead atoms. The summed E-state index contributed by atoms with van der Waals surface area (Å²) in [4.78, 5) is 10.6. The molecular formula is C13H17ClN2O3. The van der Waals surface area contributed by atoms with Crippen LogP contribution in [0.4, 0.5) is 11.4 Å². The van der Waals surface area contributed by atoms with Crippen LogP contribution in [0.5, 0.6) is 0 Å². The van der Waals surface area contributed by atoms with Crippen molar-refractivity contribution in [1.29, 1.82) is 0 Å². The smallest absolute Gasteiger partial charge is 0.293 e. The summed E-state index contributed by atoms with van der Waals surface area (Å²) >= 11 is 5.78. The fraction of sp³-hybridized carbons (Fsp3) is 0.538. The second kappa shape index (κ2) is 6.21. The molecule has 1 saturated heterocycles. The average Bonchev–Trinajstić information content (AvgIpc) is 2.83. The van der Waals surface area contributed by atoms with E-state index in [2.05, 4.69) is 5.32 Å². The second-order valence-corrected chi connectivity index (χ2v) is 5.27. The van der Waals surface area contributed by atoms with Crippen LogP contribution in [0.15, 0.2) is 18.2 Å². The number of nitro groups is 1. The lowest BCUT2D eigenvalue weighted by atomic mass is 10.1. The molecule has 0 aliphatic carbocycles. The first-order chi connectivity index (χ1) is 9.06. The van der Waals surface area contributed by atoms with E-state index in [1.807, 2.05) is 6.92 Å². The summed E-state index contributed by atoms with van der Waals surface area (Å²) in [6.07, 6.45) is 3.27. The van der Waals surface area contributed by atoms with Crippen molar-refractivity contribution >= 4 is 23.0 Å². The molecule has 0 spiro atoms. The van der Waals surface area contributed by atoms with Gasteiger partial charge in [0.1, 0.15) is 5.69 Å². The molecule has 2 rings (SSSR count). The molecule has 1 aromatic carbocycles. The normalized spacial score (nSPS) is 20.2. The molecule has 5 nitrogen and oxygen atoms in total. The molecular weight excluding hydrogens is 268 g/mol. The molecule has 2 atom stereocenters. The van der Waals surface area contributed by atoms with Crippen molar-refractivity contribution in [2.75, 3.05) is 11.9 Å². The van der Waals surface area contributed by atoms with Crippen molar-refractivity contribution in [3.63, 3.8) is 0 Å². The minimum atomic E-state index is -0.424. The van der Waals surface area contributed by atoms with Crippen molar-refractivity contribution in [2.24, 2.45) is 0 Å². The third-order valence-corrected chi connectivity index (χ3v) is 3.43. The largest absolute Gasteiger partial charge is 0.378 e. The Labute approximate surface area is 117 Å². The molecule has 1 fully saturated rings. The maximum absolute atomic E-state index is 11.0. The molecule has 0 aromatic heterocycles. The average molecular weight is 285 g/mol. The Bertz CT molecular complexity index is 461. The number of anilines is 1. The predicted octanol–water partition coefficient (Wildman–Crippen LogP) is 3.62. The number of nitro benzene ring substituents is 1. The highest BCUT2D eigenvalue weighted by molar-refractivity contribution is 6.30. The van der Waals surface area contributed by atoms with Gasteiger partial charge in [-0.25, -0.2) is 0 Å². The van der Waals surface area contributed by atoms with Gasteiger partial charge in [0.15, 0.2) is 0 Å². The van der Waals surface area contributed by atoms with Crippen molar-refractivity contribution in [1.82, 2.24) is 0 Å². The third-order valence-electron chi connectivity index (χ3n) is 3.20. The third kappa shape index (κ3) is 3.81. The van der Waals surface area contributed by atoms with Gasteiger partial charge in [-0.3, -0.25) is 10.1 Å². The standard InChI is InChI=1S/C13H17ClN2O3/c1-9(7-11-3-2-6-19-11)15-12-5-4-10(14)8-13(12)16(17)18/h4-5,8-9,11,15H,2-3,6-7H2,1H3. The number of hydrogen-bond donors (Lipinski definition) is 1. The SMILES string of the molecule is CC(CC1CCCO1)Nc1ccc(Cl)cc1[N+](=O)[O-]. The van der Waals surface area contributed by atoms with Crippen LogP contribution in [0.3, 0.4) is 0 Å². The molecule has 0 radical (unpaired) electrons. The minimum absolute atomic E-state index is 0.00619. The Morgan fingerprint density at radius 1 is 1.63 bits per heavy atom. The molecule has 104 valence electrons. The number of nitrogens with one attached hydrogen (secondary N) is 1. The van der Waals surface area contributed by atoms with Gasteiger partial charge in [-0.15, -0.1) is 0 Å². The summed E-state index contributed by atoms with van der Waals surface area (Å²) in [6, 6.07) is 4.77. The number of rotatable bonds is 5. The van der Waals surface area contributed by atoms with Gasteiger partial charge >= 0.3 is 0 Å². The van der Waals surface area contributed by atoms with Crippen LogP contribution in [0.1, 0.15) is 26.2 Å². The van der Waals surface area contributed by atoms with Crippen LogP contribution in [0, 0.1) is 10.1 Å². The number of benzene rings is 1. The molecule has 19 heavy (non-hydrogen) atoms. The zero-order chi connectivity index (χ0) is 13.8. The molecule has 1 aliphatic rings. The van der Waals surface area contributed by atoms with E-state index in [1.165, 1.54) is 6.07 Å². The quantitative estimate of drug-likeness (QED) is 0.662. The van der Waals surface area contributed by atoms with Gasteiger partial charge < -0.3 is 10.1 Å². The number of nitrogens with zero attached hydrogens (tertiary/aromatic N) is 1. The van der Waals surface area contributed by atoms with Crippen molar-refractivity contribution in [3.05, 3.63) is 33.3 Å². The summed E-state index contributed by atoms with van der Waals surface area (Å²) in [5.74, 6) is 0. The minimum Gasteiger partial charge on any atom is -0.378 e. The Kier molecular flexibility index (Phi) is 4.61. The highest BCUT2D eigenvalue weighted by atomic mass is 35.5. The van der Waals surface area contributed by atoms with E-state index in [4.69, 9.17) is 16.3 Å². The molecule has 0 amide bonds. The van der Waals surface area contributed by atoms with Crippen molar-refractivity contribution in [2.45, 2.75) is 38.3 Å². The highest BCUT2D eigenvalue weighted by Crippen LogP contribution is 2.29. The summed E-state index contributed by atoms with van der Waals surface area (Å²) in [6.45, 7) is 2.82. The van der Waals surface area contributed by atoms with Gasteiger partial charge in [0.05, 0.1) is 11.0 Å². The first kappa shape index (κ1) is 14.1. The molecule has 1 aromatic rings. The number of halogens is 1. The van der Waals surface area contributed by atoms with Gasteiger partial charge in [-0.2, -0.15) is 0 Å². The van der Waals surface area contributed by atoms with Crippen LogP contribution in [-0.2, 0) is 4.74 Å². The highest BCUT2D eigenvalue weighted by Gasteiger charge is 2.21. The Hall–Kier alpha value is -1.33. The molecule has 6 heteroatoms. The van der Waals surface area contributed by atoms with E-state index in [0.29, 0.717) is 10.7 Å². The van der Waals surface area contributed by atoms with Gasteiger partial charge in [0, 0.05) is 23.7 Å². The van der Waals surface area contributed by atoms with E-state index in [0.717, 1.165) is 25.9 Å². The lowest BCUT2D eigenvalue weighted by Gasteiger charge is -2.18. The lowest BCUT2D eigenvalue weighted by molar-refractivity contribution is -0.384. The van der Waals surface area contributed by atoms with E-state index >= 15 is 0 Å². The van der Waals surface area contributed by atoms with Crippen LogP contribution < -0.4 is 5.32 Å².